The van der Waals surface area contributed by atoms with Gasteiger partial charge in [0.05, 0.1) is 11.4 Å². The highest BCUT2D eigenvalue weighted by Gasteiger charge is 2.20. The van der Waals surface area contributed by atoms with E-state index in [0.717, 1.165) is 29.8 Å². The maximum Gasteiger partial charge on any atom is 0.271 e. The van der Waals surface area contributed by atoms with Crippen molar-refractivity contribution in [2.75, 3.05) is 0 Å². The van der Waals surface area contributed by atoms with Crippen molar-refractivity contribution < 1.29 is 0 Å². The SMILES string of the molecule is O=c1cc2c(nn1-c1ccccc1)-c1ccsc1CC2. The Morgan fingerprint density at radius 2 is 1.95 bits per heavy atom. The first-order valence-electron chi connectivity index (χ1n) is 6.58. The molecular weight excluding hydrogens is 268 g/mol. The van der Waals surface area contributed by atoms with E-state index in [0.29, 0.717) is 0 Å². The Bertz CT molecular complexity index is 833. The van der Waals surface area contributed by atoms with Crippen LogP contribution in [0.5, 0.6) is 0 Å². The number of aryl methyl sites for hydroxylation is 2. The lowest BCUT2D eigenvalue weighted by Crippen LogP contribution is -2.23. The third-order valence-corrected chi connectivity index (χ3v) is 4.61. The number of benzene rings is 1. The molecule has 0 radical (unpaired) electrons. The smallest absolute Gasteiger partial charge is 0.267 e. The molecular formula is C16H12N2OS. The van der Waals surface area contributed by atoms with E-state index in [9.17, 15) is 4.79 Å². The standard InChI is InChI=1S/C16H12N2OS/c19-15-10-11-6-7-14-13(8-9-20-14)16(11)17-18(15)12-4-2-1-3-5-12/h1-5,8-10H,6-7H2. The molecule has 1 aromatic carbocycles. The second-order valence-electron chi connectivity index (χ2n) is 4.86. The van der Waals surface area contributed by atoms with Crippen molar-refractivity contribution in [1.82, 2.24) is 9.78 Å². The molecule has 0 N–H and O–H groups in total. The molecule has 0 fully saturated rings. The van der Waals surface area contributed by atoms with E-state index in [1.807, 2.05) is 30.3 Å². The van der Waals surface area contributed by atoms with Crippen molar-refractivity contribution in [3.05, 3.63) is 68.6 Å². The molecule has 2 aromatic heterocycles. The molecule has 4 heteroatoms. The van der Waals surface area contributed by atoms with E-state index in [1.165, 1.54) is 15.1 Å². The largest absolute Gasteiger partial charge is 0.271 e. The van der Waals surface area contributed by atoms with E-state index in [4.69, 9.17) is 0 Å². The maximum absolute atomic E-state index is 12.2. The molecule has 0 spiro atoms. The van der Waals surface area contributed by atoms with Crippen molar-refractivity contribution in [2.24, 2.45) is 0 Å². The molecule has 1 aliphatic carbocycles. The van der Waals surface area contributed by atoms with Crippen LogP contribution in [-0.4, -0.2) is 9.78 Å². The predicted molar refractivity (Wildman–Crippen MR) is 80.6 cm³/mol. The summed E-state index contributed by atoms with van der Waals surface area (Å²) in [6.07, 6.45) is 1.91. The van der Waals surface area contributed by atoms with Gasteiger partial charge in [0, 0.05) is 16.5 Å². The van der Waals surface area contributed by atoms with Crippen LogP contribution in [0.1, 0.15) is 10.4 Å². The third-order valence-electron chi connectivity index (χ3n) is 3.63. The molecule has 0 saturated heterocycles. The van der Waals surface area contributed by atoms with Gasteiger partial charge in [-0.05, 0) is 42.0 Å². The summed E-state index contributed by atoms with van der Waals surface area (Å²) >= 11 is 1.77. The Morgan fingerprint density at radius 1 is 1.10 bits per heavy atom. The van der Waals surface area contributed by atoms with Crippen molar-refractivity contribution in [2.45, 2.75) is 12.8 Å². The molecule has 0 atom stereocenters. The zero-order chi connectivity index (χ0) is 13.5. The first kappa shape index (κ1) is 11.6. The quantitative estimate of drug-likeness (QED) is 0.686. The maximum atomic E-state index is 12.2. The Hall–Kier alpha value is -2.20. The lowest BCUT2D eigenvalue weighted by molar-refractivity contribution is 0.786. The van der Waals surface area contributed by atoms with Crippen LogP contribution in [0.2, 0.25) is 0 Å². The number of thiophene rings is 1. The normalized spacial score (nSPS) is 12.8. The van der Waals surface area contributed by atoms with Gasteiger partial charge in [0.2, 0.25) is 0 Å². The van der Waals surface area contributed by atoms with Crippen molar-refractivity contribution in [3.63, 3.8) is 0 Å². The van der Waals surface area contributed by atoms with Crippen LogP contribution >= 0.6 is 11.3 Å². The molecule has 0 aliphatic heterocycles. The van der Waals surface area contributed by atoms with E-state index in [-0.39, 0.29) is 5.56 Å². The highest BCUT2D eigenvalue weighted by molar-refractivity contribution is 7.10. The first-order valence-corrected chi connectivity index (χ1v) is 7.46. The Balaban J connectivity index is 1.97. The molecule has 1 aliphatic rings. The van der Waals surface area contributed by atoms with Crippen LogP contribution < -0.4 is 5.56 Å². The lowest BCUT2D eigenvalue weighted by atomic mass is 9.96. The molecule has 2 heterocycles. The van der Waals surface area contributed by atoms with Gasteiger partial charge in [-0.3, -0.25) is 4.79 Å². The Labute approximate surface area is 120 Å². The fourth-order valence-electron chi connectivity index (χ4n) is 2.66. The summed E-state index contributed by atoms with van der Waals surface area (Å²) in [6, 6.07) is 13.4. The van der Waals surface area contributed by atoms with Crippen molar-refractivity contribution in [3.8, 4) is 16.9 Å². The molecule has 3 aromatic rings. The highest BCUT2D eigenvalue weighted by atomic mass is 32.1. The molecule has 4 rings (SSSR count). The van der Waals surface area contributed by atoms with E-state index in [2.05, 4.69) is 16.5 Å². The fraction of sp³-hybridized carbons (Fsp3) is 0.125. The van der Waals surface area contributed by atoms with Crippen LogP contribution in [-0.2, 0) is 12.8 Å². The highest BCUT2D eigenvalue weighted by Crippen LogP contribution is 2.34. The van der Waals surface area contributed by atoms with Gasteiger partial charge in [-0.25, -0.2) is 0 Å². The van der Waals surface area contributed by atoms with E-state index < -0.39 is 0 Å². The molecule has 0 unspecified atom stereocenters. The molecule has 0 amide bonds. The summed E-state index contributed by atoms with van der Waals surface area (Å²) < 4.78 is 1.49. The average Bonchev–Trinajstić information content (AvgIpc) is 2.96. The topological polar surface area (TPSA) is 34.9 Å². The minimum Gasteiger partial charge on any atom is -0.267 e. The average molecular weight is 280 g/mol. The molecule has 20 heavy (non-hydrogen) atoms. The van der Waals surface area contributed by atoms with Gasteiger partial charge in [-0.15, -0.1) is 11.3 Å². The van der Waals surface area contributed by atoms with Gasteiger partial charge in [0.25, 0.3) is 5.56 Å². The minimum atomic E-state index is -0.0615. The van der Waals surface area contributed by atoms with Gasteiger partial charge in [0.15, 0.2) is 0 Å². The zero-order valence-corrected chi connectivity index (χ0v) is 11.6. The van der Waals surface area contributed by atoms with E-state index in [1.54, 1.807) is 17.4 Å². The van der Waals surface area contributed by atoms with Crippen molar-refractivity contribution in [1.29, 1.82) is 0 Å². The number of hydrogen-bond donors (Lipinski definition) is 0. The second-order valence-corrected chi connectivity index (χ2v) is 5.86. The van der Waals surface area contributed by atoms with Crippen LogP contribution in [0.25, 0.3) is 16.9 Å². The van der Waals surface area contributed by atoms with Gasteiger partial charge in [-0.1, -0.05) is 18.2 Å². The number of nitrogens with zero attached hydrogens (tertiary/aromatic N) is 2. The Morgan fingerprint density at radius 3 is 2.80 bits per heavy atom. The van der Waals surface area contributed by atoms with Crippen molar-refractivity contribution >= 4 is 11.3 Å². The number of para-hydroxylation sites is 1. The Kier molecular flexibility index (Phi) is 2.57. The zero-order valence-electron chi connectivity index (χ0n) is 10.7. The summed E-state index contributed by atoms with van der Waals surface area (Å²) in [6.45, 7) is 0. The number of aromatic nitrogens is 2. The van der Waals surface area contributed by atoms with Crippen LogP contribution in [0, 0.1) is 0 Å². The molecule has 0 saturated carbocycles. The summed E-state index contributed by atoms with van der Waals surface area (Å²) in [4.78, 5) is 13.6. The van der Waals surface area contributed by atoms with Gasteiger partial charge in [-0.2, -0.15) is 9.78 Å². The fourth-order valence-corrected chi connectivity index (χ4v) is 3.54. The number of rotatable bonds is 1. The van der Waals surface area contributed by atoms with Gasteiger partial charge in [0.1, 0.15) is 0 Å². The third kappa shape index (κ3) is 1.72. The second kappa shape index (κ2) is 4.42. The van der Waals surface area contributed by atoms with E-state index >= 15 is 0 Å². The summed E-state index contributed by atoms with van der Waals surface area (Å²) in [5, 5.41) is 6.70. The molecule has 0 bridgehead atoms. The monoisotopic (exact) mass is 280 g/mol. The van der Waals surface area contributed by atoms with Crippen LogP contribution in [0.4, 0.5) is 0 Å². The van der Waals surface area contributed by atoms with Crippen LogP contribution in [0.15, 0.2) is 52.6 Å². The summed E-state index contributed by atoms with van der Waals surface area (Å²) in [5.74, 6) is 0. The molecule has 3 nitrogen and oxygen atoms in total. The minimum absolute atomic E-state index is 0.0615. The number of fused-ring (bicyclic) bond motifs is 3. The predicted octanol–water partition coefficient (Wildman–Crippen LogP) is 3.06. The first-order chi connectivity index (χ1) is 9.83. The van der Waals surface area contributed by atoms with Gasteiger partial charge >= 0.3 is 0 Å². The summed E-state index contributed by atoms with van der Waals surface area (Å²) in [5.41, 5.74) is 3.95. The van der Waals surface area contributed by atoms with Gasteiger partial charge < -0.3 is 0 Å². The summed E-state index contributed by atoms with van der Waals surface area (Å²) in [7, 11) is 0. The molecule has 98 valence electrons. The lowest BCUT2D eigenvalue weighted by Gasteiger charge is -2.16. The van der Waals surface area contributed by atoms with Crippen LogP contribution in [0.3, 0.4) is 0 Å². The number of hydrogen-bond acceptors (Lipinski definition) is 3.